The van der Waals surface area contributed by atoms with Gasteiger partial charge in [-0.1, -0.05) is 36.4 Å². The van der Waals surface area contributed by atoms with Gasteiger partial charge in [0, 0.05) is 23.1 Å². The maximum Gasteiger partial charge on any atom is 0.0355 e. The minimum absolute atomic E-state index is 0.975. The molecule has 0 atom stereocenters. The summed E-state index contributed by atoms with van der Waals surface area (Å²) >= 11 is 1.53. The van der Waals surface area contributed by atoms with Gasteiger partial charge in [-0.25, -0.2) is 4.40 Å². The molecule has 0 radical (unpaired) electrons. The fourth-order valence-electron chi connectivity index (χ4n) is 1.27. The van der Waals surface area contributed by atoms with Crippen LogP contribution in [0.2, 0.25) is 0 Å². The van der Waals surface area contributed by atoms with E-state index in [-0.39, 0.29) is 0 Å². The molecule has 2 rings (SSSR count). The Kier molecular flexibility index (Phi) is 3.19. The zero-order chi connectivity index (χ0) is 9.64. The van der Waals surface area contributed by atoms with Crippen LogP contribution in [0.25, 0.3) is 0 Å². The zero-order valence-electron chi connectivity index (χ0n) is 7.76. The summed E-state index contributed by atoms with van der Waals surface area (Å²) in [6, 6.07) is 8.37. The van der Waals surface area contributed by atoms with Crippen LogP contribution in [-0.2, 0) is 6.42 Å². The number of nitrogens with zero attached hydrogens (tertiary/aromatic N) is 1. The van der Waals surface area contributed by atoms with Crippen LogP contribution in [0.1, 0.15) is 5.56 Å². The first-order chi connectivity index (χ1) is 6.97. The van der Waals surface area contributed by atoms with Crippen molar-refractivity contribution in [2.24, 2.45) is 4.40 Å². The van der Waals surface area contributed by atoms with Gasteiger partial charge in [0.25, 0.3) is 0 Å². The first-order valence-electron chi connectivity index (χ1n) is 4.57. The molecule has 0 aromatic heterocycles. The summed E-state index contributed by atoms with van der Waals surface area (Å²) < 4.78 is 4.24. The summed E-state index contributed by atoms with van der Waals surface area (Å²) in [5.74, 6) is 0. The number of hydrogen-bond donors (Lipinski definition) is 0. The van der Waals surface area contributed by atoms with E-state index in [2.05, 4.69) is 34.7 Å². The van der Waals surface area contributed by atoms with E-state index in [0.29, 0.717) is 0 Å². The van der Waals surface area contributed by atoms with Crippen LogP contribution in [0.15, 0.2) is 57.9 Å². The van der Waals surface area contributed by atoms with E-state index in [1.165, 1.54) is 22.4 Å². The third-order valence-electron chi connectivity index (χ3n) is 1.97. The Morgan fingerprint density at radius 3 is 3.00 bits per heavy atom. The summed E-state index contributed by atoms with van der Waals surface area (Å²) in [5, 5.41) is 0. The number of fused-ring (bicyclic) bond motifs is 1. The second-order valence-electron chi connectivity index (χ2n) is 2.97. The first-order valence-corrected chi connectivity index (χ1v) is 5.34. The van der Waals surface area contributed by atoms with Crippen LogP contribution in [0.3, 0.4) is 0 Å². The van der Waals surface area contributed by atoms with Crippen molar-refractivity contribution in [3.05, 3.63) is 54.1 Å². The lowest BCUT2D eigenvalue weighted by Gasteiger charge is -2.03. The molecule has 0 aliphatic carbocycles. The molecular weight excluding hydrogens is 190 g/mol. The molecule has 0 saturated carbocycles. The predicted molar refractivity (Wildman–Crippen MR) is 62.8 cm³/mol. The van der Waals surface area contributed by atoms with E-state index < -0.39 is 0 Å². The highest BCUT2D eigenvalue weighted by Crippen LogP contribution is 2.24. The summed E-state index contributed by atoms with van der Waals surface area (Å²) in [6.07, 6.45) is 10.9. The minimum Gasteiger partial charge on any atom is -0.219 e. The van der Waals surface area contributed by atoms with E-state index >= 15 is 0 Å². The Labute approximate surface area is 88.4 Å². The van der Waals surface area contributed by atoms with E-state index in [1.807, 2.05) is 24.4 Å². The Balaban J connectivity index is 2.32. The maximum atomic E-state index is 4.24. The quantitative estimate of drug-likeness (QED) is 0.586. The third kappa shape index (κ3) is 2.36. The summed E-state index contributed by atoms with van der Waals surface area (Å²) in [6.45, 7) is 0. The lowest BCUT2D eigenvalue weighted by atomic mass is 10.1. The van der Waals surface area contributed by atoms with Crippen LogP contribution in [0.5, 0.6) is 0 Å². The molecule has 0 saturated heterocycles. The largest absolute Gasteiger partial charge is 0.219 e. The molecule has 14 heavy (non-hydrogen) atoms. The van der Waals surface area contributed by atoms with Gasteiger partial charge in [0.05, 0.1) is 0 Å². The van der Waals surface area contributed by atoms with Crippen molar-refractivity contribution in [1.82, 2.24) is 0 Å². The highest BCUT2D eigenvalue weighted by atomic mass is 32.2. The van der Waals surface area contributed by atoms with Crippen molar-refractivity contribution < 1.29 is 0 Å². The number of benzene rings is 1. The molecule has 0 unspecified atom stereocenters. The Bertz CT molecular complexity index is 354. The molecular formula is C12H11NS. The molecule has 0 bridgehead atoms. The monoisotopic (exact) mass is 201 g/mol. The van der Waals surface area contributed by atoms with Gasteiger partial charge < -0.3 is 0 Å². The van der Waals surface area contributed by atoms with Gasteiger partial charge in [0.1, 0.15) is 0 Å². The standard InChI is InChI=1S/C12H11NS/c1-2-6-10-13-14-12-9-5-4-8-11(12)7-3-1/h1-6,8-10H,7H2. The minimum atomic E-state index is 0.975. The lowest BCUT2D eigenvalue weighted by Crippen LogP contribution is -1.84. The average molecular weight is 201 g/mol. The van der Waals surface area contributed by atoms with Crippen molar-refractivity contribution in [2.45, 2.75) is 11.3 Å². The molecule has 1 aliphatic rings. The fourth-order valence-corrected chi connectivity index (χ4v) is 1.92. The van der Waals surface area contributed by atoms with E-state index in [0.717, 1.165) is 6.42 Å². The number of rotatable bonds is 0. The van der Waals surface area contributed by atoms with Crippen molar-refractivity contribution in [2.75, 3.05) is 0 Å². The molecule has 70 valence electrons. The average Bonchev–Trinajstić information content (AvgIpc) is 2.25. The Morgan fingerprint density at radius 2 is 2.00 bits per heavy atom. The van der Waals surface area contributed by atoms with Crippen molar-refractivity contribution in [3.63, 3.8) is 0 Å². The second kappa shape index (κ2) is 4.82. The van der Waals surface area contributed by atoms with Gasteiger partial charge in [-0.2, -0.15) is 0 Å². The number of hydrogen-bond acceptors (Lipinski definition) is 2. The Hall–Kier alpha value is -1.28. The van der Waals surface area contributed by atoms with Crippen LogP contribution in [-0.4, -0.2) is 6.21 Å². The maximum absolute atomic E-state index is 4.24. The van der Waals surface area contributed by atoms with Crippen LogP contribution >= 0.6 is 11.9 Å². The van der Waals surface area contributed by atoms with Crippen molar-refractivity contribution in [1.29, 1.82) is 0 Å². The van der Waals surface area contributed by atoms with E-state index in [4.69, 9.17) is 0 Å². The van der Waals surface area contributed by atoms with Gasteiger partial charge >= 0.3 is 0 Å². The van der Waals surface area contributed by atoms with Gasteiger partial charge in [-0.05, 0) is 24.1 Å². The molecule has 1 nitrogen and oxygen atoms in total. The SMILES string of the molecule is C1=CC=NSc2ccccc2CC=C1. The molecule has 1 heterocycles. The Morgan fingerprint density at radius 1 is 1.07 bits per heavy atom. The van der Waals surface area contributed by atoms with Crippen molar-refractivity contribution >= 4 is 18.2 Å². The smallest absolute Gasteiger partial charge is 0.0355 e. The molecule has 0 amide bonds. The topological polar surface area (TPSA) is 12.4 Å². The predicted octanol–water partition coefficient (Wildman–Crippen LogP) is 3.43. The van der Waals surface area contributed by atoms with Gasteiger partial charge in [0.2, 0.25) is 0 Å². The summed E-state index contributed by atoms with van der Waals surface area (Å²) in [7, 11) is 0. The van der Waals surface area contributed by atoms with Crippen LogP contribution in [0.4, 0.5) is 0 Å². The summed E-state index contributed by atoms with van der Waals surface area (Å²) in [4.78, 5) is 1.24. The number of allylic oxidation sites excluding steroid dienone is 4. The molecule has 0 fully saturated rings. The third-order valence-corrected chi connectivity index (χ3v) is 2.79. The highest BCUT2D eigenvalue weighted by molar-refractivity contribution is 7.98. The lowest BCUT2D eigenvalue weighted by molar-refractivity contribution is 1.18. The van der Waals surface area contributed by atoms with Gasteiger partial charge in [0.15, 0.2) is 0 Å². The van der Waals surface area contributed by atoms with Gasteiger partial charge in [-0.15, -0.1) is 0 Å². The molecule has 1 aliphatic heterocycles. The summed E-state index contributed by atoms with van der Waals surface area (Å²) in [5.41, 5.74) is 1.33. The molecule has 0 N–H and O–H groups in total. The zero-order valence-corrected chi connectivity index (χ0v) is 8.58. The second-order valence-corrected chi connectivity index (χ2v) is 3.80. The molecule has 1 aromatic rings. The highest BCUT2D eigenvalue weighted by Gasteiger charge is 1.99. The van der Waals surface area contributed by atoms with E-state index in [1.54, 1.807) is 0 Å². The van der Waals surface area contributed by atoms with E-state index in [9.17, 15) is 0 Å². The van der Waals surface area contributed by atoms with Crippen LogP contribution in [0, 0.1) is 0 Å². The molecule has 2 heteroatoms. The fraction of sp³-hybridized carbons (Fsp3) is 0.0833. The molecule has 0 spiro atoms. The van der Waals surface area contributed by atoms with Gasteiger partial charge in [-0.3, -0.25) is 0 Å². The normalized spacial score (nSPS) is 15.1. The first kappa shape index (κ1) is 9.28. The van der Waals surface area contributed by atoms with Crippen molar-refractivity contribution in [3.8, 4) is 0 Å². The van der Waals surface area contributed by atoms with Crippen LogP contribution < -0.4 is 0 Å². The molecule has 1 aromatic carbocycles.